The van der Waals surface area contributed by atoms with Crippen molar-refractivity contribution in [3.63, 3.8) is 0 Å². The van der Waals surface area contributed by atoms with Crippen LogP contribution in [0.1, 0.15) is 33.4 Å². The summed E-state index contributed by atoms with van der Waals surface area (Å²) in [4.78, 5) is -1.41. The molecule has 0 amide bonds. The highest BCUT2D eigenvalue weighted by Gasteiger charge is 2.34. The largest absolute Gasteiger partial charge is 0.485 e. The highest BCUT2D eigenvalue weighted by Crippen LogP contribution is 2.40. The Balaban J connectivity index is 1.16. The fourth-order valence-electron chi connectivity index (χ4n) is 5.77. The van der Waals surface area contributed by atoms with Crippen LogP contribution in [-0.4, -0.2) is 25.3 Å². The van der Waals surface area contributed by atoms with Crippen LogP contribution in [0.4, 0.5) is 26.3 Å². The van der Waals surface area contributed by atoms with Gasteiger partial charge in [-0.3, -0.25) is 0 Å². The predicted molar refractivity (Wildman–Crippen MR) is 219 cm³/mol. The van der Waals surface area contributed by atoms with Crippen molar-refractivity contribution < 1.29 is 69.4 Å². The van der Waals surface area contributed by atoms with Gasteiger partial charge < -0.3 is 17.8 Å². The van der Waals surface area contributed by atoms with Gasteiger partial charge in [-0.05, 0) is 82.9 Å². The highest BCUT2D eigenvalue weighted by atomic mass is 35.5. The van der Waals surface area contributed by atoms with Crippen molar-refractivity contribution in [1.82, 2.24) is 0 Å². The number of ether oxygens (including phenoxy) is 2. The lowest BCUT2D eigenvalue weighted by molar-refractivity contribution is -0.138. The normalized spacial score (nSPS) is 12.4. The lowest BCUT2D eigenvalue weighted by atomic mass is 10.2. The quantitative estimate of drug-likeness (QED) is 0.0680. The lowest BCUT2D eigenvalue weighted by Crippen LogP contribution is -2.14. The number of rotatable bonds is 16. The van der Waals surface area contributed by atoms with Gasteiger partial charge >= 0.3 is 32.6 Å². The zero-order chi connectivity index (χ0) is 45.8. The molecular weight excluding hydrogens is 946 g/mol. The summed E-state index contributed by atoms with van der Waals surface area (Å²) in [6.07, 6.45) is -9.74. The summed E-state index contributed by atoms with van der Waals surface area (Å²) in [5.41, 5.74) is -1.26. The topological polar surface area (TPSA) is 139 Å². The Morgan fingerprint density at radius 2 is 0.794 bits per heavy atom. The second kappa shape index (κ2) is 18.7. The van der Waals surface area contributed by atoms with E-state index in [1.165, 1.54) is 0 Å². The van der Waals surface area contributed by atoms with Gasteiger partial charge in [-0.2, -0.15) is 43.2 Å². The molecule has 0 fully saturated rings. The van der Waals surface area contributed by atoms with Gasteiger partial charge in [0.05, 0.1) is 32.7 Å². The van der Waals surface area contributed by atoms with Crippen molar-refractivity contribution in [3.8, 4) is 23.0 Å². The predicted octanol–water partition coefficient (Wildman–Crippen LogP) is 10.8. The Bertz CT molecular complexity index is 2760. The van der Waals surface area contributed by atoms with E-state index in [9.17, 15) is 51.6 Å². The number of hydrogen-bond donors (Lipinski definition) is 0. The molecule has 0 aliphatic carbocycles. The molecular formula is C42H30Cl2F6O10S3. The molecule has 0 atom stereocenters. The van der Waals surface area contributed by atoms with Gasteiger partial charge in [0.15, 0.2) is 32.8 Å². The molecule has 6 rings (SSSR count). The van der Waals surface area contributed by atoms with Crippen molar-refractivity contribution in [3.05, 3.63) is 177 Å². The first-order valence-electron chi connectivity index (χ1n) is 17.9. The van der Waals surface area contributed by atoms with Gasteiger partial charge in [-0.1, -0.05) is 96.0 Å². The molecule has 10 nitrogen and oxygen atoms in total. The van der Waals surface area contributed by atoms with Crippen molar-refractivity contribution in [2.75, 3.05) is 0 Å². The monoisotopic (exact) mass is 974 g/mol. The lowest BCUT2D eigenvalue weighted by Gasteiger charge is -2.16. The molecule has 0 aliphatic heterocycles. The number of hydrogen-bond acceptors (Lipinski definition) is 10. The maximum atomic E-state index is 13.6. The van der Waals surface area contributed by atoms with Crippen molar-refractivity contribution >= 4 is 53.3 Å². The van der Waals surface area contributed by atoms with Gasteiger partial charge in [0.2, 0.25) is 0 Å². The Labute approximate surface area is 367 Å². The Morgan fingerprint density at radius 3 is 1.13 bits per heavy atom. The van der Waals surface area contributed by atoms with E-state index in [0.29, 0.717) is 35.4 Å². The third kappa shape index (κ3) is 12.4. The standard InChI is InChI=1S/C42H30Cl2F6O10S3/c43-33-19-29(11-17-39(33)62(53,54)59-37-21-31(41(45,46)47)13-15-35(37)57-23-27-7-3-1-4-8-27)25-61(51,52)26-30-12-18-40(34(44)20-30)63(55,56)60-38-22-32(42(48,49)50)14-16-36(38)58-24-28-9-5-2-6-10-28/h1-22H,23-26H2. The maximum absolute atomic E-state index is 13.6. The van der Waals surface area contributed by atoms with Crippen LogP contribution in [-0.2, 0) is 67.1 Å². The van der Waals surface area contributed by atoms with E-state index in [-0.39, 0.29) is 35.8 Å². The minimum Gasteiger partial charge on any atom is -0.485 e. The molecule has 6 aromatic rings. The summed E-state index contributed by atoms with van der Waals surface area (Å²) in [5.74, 6) is -3.72. The SMILES string of the molecule is O=S(=O)(Cc1ccc(S(=O)(=O)Oc2cc(C(F)(F)F)ccc2OCc2ccccc2)c(Cl)c1)Cc1ccc(S(=O)(=O)Oc2cc(C(F)(F)F)ccc2OCc2ccccc2)c(Cl)c1. The third-order valence-electron chi connectivity index (χ3n) is 8.72. The summed E-state index contributed by atoms with van der Waals surface area (Å²) >= 11 is 12.5. The van der Waals surface area contributed by atoms with E-state index in [1.54, 1.807) is 60.7 Å². The zero-order valence-corrected chi connectivity index (χ0v) is 35.8. The van der Waals surface area contributed by atoms with E-state index < -0.39 is 96.4 Å². The Morgan fingerprint density at radius 1 is 0.429 bits per heavy atom. The second-order valence-electron chi connectivity index (χ2n) is 13.5. The van der Waals surface area contributed by atoms with E-state index >= 15 is 0 Å². The average Bonchev–Trinajstić information content (AvgIpc) is 3.19. The van der Waals surface area contributed by atoms with Crippen molar-refractivity contribution in [1.29, 1.82) is 0 Å². The molecule has 332 valence electrons. The molecule has 6 aromatic carbocycles. The molecule has 0 saturated carbocycles. The van der Waals surface area contributed by atoms with E-state index in [1.807, 2.05) is 0 Å². The van der Waals surface area contributed by atoms with Crippen LogP contribution in [0.15, 0.2) is 143 Å². The summed E-state index contributed by atoms with van der Waals surface area (Å²) < 4.78 is 183. The molecule has 0 unspecified atom stereocenters. The minimum absolute atomic E-state index is 0.0185. The molecule has 0 aromatic heterocycles. The van der Waals surface area contributed by atoms with Gasteiger partial charge in [-0.15, -0.1) is 0 Å². The van der Waals surface area contributed by atoms with Crippen LogP contribution >= 0.6 is 23.2 Å². The van der Waals surface area contributed by atoms with E-state index in [0.717, 1.165) is 48.5 Å². The number of benzene rings is 6. The van der Waals surface area contributed by atoms with Crippen LogP contribution in [0.2, 0.25) is 10.0 Å². The van der Waals surface area contributed by atoms with Crippen LogP contribution in [0, 0.1) is 0 Å². The first kappa shape index (κ1) is 47.0. The molecule has 0 heterocycles. The van der Waals surface area contributed by atoms with Gasteiger partial charge in [-0.25, -0.2) is 8.42 Å². The van der Waals surface area contributed by atoms with Crippen LogP contribution in [0.3, 0.4) is 0 Å². The van der Waals surface area contributed by atoms with Gasteiger partial charge in [0.25, 0.3) is 0 Å². The van der Waals surface area contributed by atoms with E-state index in [2.05, 4.69) is 0 Å². The summed E-state index contributed by atoms with van der Waals surface area (Å²) in [5, 5.41) is -1.07. The molecule has 63 heavy (non-hydrogen) atoms. The molecule has 0 N–H and O–H groups in total. The van der Waals surface area contributed by atoms with Crippen LogP contribution in [0.5, 0.6) is 23.0 Å². The molecule has 21 heteroatoms. The third-order valence-corrected chi connectivity index (χ3v) is 13.7. The second-order valence-corrected chi connectivity index (χ2v) is 19.4. The van der Waals surface area contributed by atoms with Crippen molar-refractivity contribution in [2.24, 2.45) is 0 Å². The molecule has 0 bridgehead atoms. The summed E-state index contributed by atoms with van der Waals surface area (Å²) in [7, 11) is -14.0. The highest BCUT2D eigenvalue weighted by molar-refractivity contribution is 7.89. The number of sulfone groups is 1. The van der Waals surface area contributed by atoms with Crippen LogP contribution < -0.4 is 17.8 Å². The zero-order valence-electron chi connectivity index (χ0n) is 31.9. The number of halogens is 8. The molecule has 0 saturated heterocycles. The first-order chi connectivity index (χ1) is 29.5. The maximum Gasteiger partial charge on any atom is 0.416 e. The fourth-order valence-corrected chi connectivity index (χ4v) is 10.2. The van der Waals surface area contributed by atoms with Crippen molar-refractivity contribution in [2.45, 2.75) is 46.9 Å². The summed E-state index contributed by atoms with van der Waals surface area (Å²) in [6, 6.07) is 27.0. The smallest absolute Gasteiger partial charge is 0.416 e. The number of alkyl halides is 6. The van der Waals surface area contributed by atoms with Gasteiger partial charge in [0, 0.05) is 0 Å². The van der Waals surface area contributed by atoms with Crippen LogP contribution in [0.25, 0.3) is 0 Å². The fraction of sp³-hybridized carbons (Fsp3) is 0.143. The summed E-state index contributed by atoms with van der Waals surface area (Å²) in [6.45, 7) is -0.293. The molecule has 0 radical (unpaired) electrons. The Hall–Kier alpha value is -5.47. The molecule has 0 spiro atoms. The minimum atomic E-state index is -4.95. The Kier molecular flexibility index (Phi) is 14.0. The first-order valence-corrected chi connectivity index (χ1v) is 23.3. The average molecular weight is 976 g/mol. The van der Waals surface area contributed by atoms with E-state index in [4.69, 9.17) is 41.0 Å². The van der Waals surface area contributed by atoms with Gasteiger partial charge in [0.1, 0.15) is 23.0 Å². The molecule has 0 aliphatic rings.